The molecule has 4 nitrogen and oxygen atoms in total. The Balaban J connectivity index is 2.59. The van der Waals surface area contributed by atoms with Crippen molar-refractivity contribution in [3.05, 3.63) is 46.5 Å². The average Bonchev–Trinajstić information content (AvgIpc) is 2.67. The molecule has 1 heterocycles. The largest absolute Gasteiger partial charge is 0.478 e. The molecule has 0 fully saturated rings. The van der Waals surface area contributed by atoms with Gasteiger partial charge >= 0.3 is 5.97 Å². The molecule has 0 saturated carbocycles. The predicted molar refractivity (Wildman–Crippen MR) is 55.4 cm³/mol. The van der Waals surface area contributed by atoms with Gasteiger partial charge in [0.25, 0.3) is 0 Å². The second-order valence-corrected chi connectivity index (χ2v) is 3.65. The maximum atomic E-state index is 13.0. The third-order valence-corrected chi connectivity index (χ3v) is 2.52. The van der Waals surface area contributed by atoms with E-state index in [0.717, 1.165) is 10.9 Å². The van der Waals surface area contributed by atoms with Crippen LogP contribution in [-0.2, 0) is 0 Å². The van der Waals surface area contributed by atoms with E-state index >= 15 is 0 Å². The van der Waals surface area contributed by atoms with Gasteiger partial charge in [-0.3, -0.25) is 0 Å². The van der Waals surface area contributed by atoms with Crippen LogP contribution in [0.25, 0.3) is 5.69 Å². The molecule has 1 aromatic carbocycles. The Morgan fingerprint density at radius 1 is 1.28 bits per heavy atom. The number of aromatic carboxylic acids is 1. The summed E-state index contributed by atoms with van der Waals surface area (Å²) < 4.78 is 39.6. The van der Waals surface area contributed by atoms with Gasteiger partial charge in [-0.2, -0.15) is 5.10 Å². The first-order chi connectivity index (χ1) is 8.41. The highest BCUT2D eigenvalue weighted by atomic mass is 35.5. The number of nitrogens with zero attached hydrogens (tertiary/aromatic N) is 2. The summed E-state index contributed by atoms with van der Waals surface area (Å²) in [5.41, 5.74) is -0.550. The van der Waals surface area contributed by atoms with Gasteiger partial charge in [-0.1, -0.05) is 11.6 Å². The van der Waals surface area contributed by atoms with Gasteiger partial charge in [0.1, 0.15) is 10.7 Å². The molecule has 1 N–H and O–H groups in total. The summed E-state index contributed by atoms with van der Waals surface area (Å²) in [5.74, 6) is -5.81. The van der Waals surface area contributed by atoms with E-state index in [-0.39, 0.29) is 16.4 Å². The number of aromatic nitrogens is 2. The Morgan fingerprint density at radius 3 is 2.28 bits per heavy atom. The molecule has 0 saturated heterocycles. The lowest BCUT2D eigenvalue weighted by molar-refractivity contribution is 0.0697. The second kappa shape index (κ2) is 4.34. The van der Waals surface area contributed by atoms with E-state index in [1.165, 1.54) is 0 Å². The third kappa shape index (κ3) is 1.92. The van der Waals surface area contributed by atoms with Gasteiger partial charge in [0.2, 0.25) is 0 Å². The number of halogens is 4. The van der Waals surface area contributed by atoms with Crippen LogP contribution in [0, 0.1) is 17.5 Å². The van der Waals surface area contributed by atoms with Gasteiger partial charge in [0, 0.05) is 12.1 Å². The maximum Gasteiger partial charge on any atom is 0.340 e. The summed E-state index contributed by atoms with van der Waals surface area (Å²) in [6.07, 6.45) is 0.920. The lowest BCUT2D eigenvalue weighted by Gasteiger charge is -2.04. The number of carboxylic acid groups (broad SMARTS) is 1. The van der Waals surface area contributed by atoms with Gasteiger partial charge < -0.3 is 5.11 Å². The minimum atomic E-state index is -1.62. The topological polar surface area (TPSA) is 55.1 Å². The Hall–Kier alpha value is -2.02. The van der Waals surface area contributed by atoms with E-state index in [1.807, 2.05) is 0 Å². The molecule has 0 atom stereocenters. The van der Waals surface area contributed by atoms with Crippen molar-refractivity contribution in [2.45, 2.75) is 0 Å². The van der Waals surface area contributed by atoms with Gasteiger partial charge in [0.05, 0.1) is 11.9 Å². The molecule has 1 aromatic heterocycles. The number of hydrogen-bond donors (Lipinski definition) is 1. The van der Waals surface area contributed by atoms with Crippen LogP contribution in [0.5, 0.6) is 0 Å². The van der Waals surface area contributed by atoms with E-state index in [0.29, 0.717) is 12.1 Å². The van der Waals surface area contributed by atoms with Crippen molar-refractivity contribution in [3.63, 3.8) is 0 Å². The van der Waals surface area contributed by atoms with Crippen LogP contribution in [0.3, 0.4) is 0 Å². The van der Waals surface area contributed by atoms with Gasteiger partial charge in [0.15, 0.2) is 17.5 Å². The van der Waals surface area contributed by atoms with Crippen molar-refractivity contribution in [3.8, 4) is 5.69 Å². The number of benzene rings is 1. The molecule has 94 valence electrons. The molecule has 0 aliphatic carbocycles. The Morgan fingerprint density at radius 2 is 1.83 bits per heavy atom. The van der Waals surface area contributed by atoms with Crippen molar-refractivity contribution in [1.82, 2.24) is 9.78 Å². The molecule has 0 aliphatic heterocycles. The molecule has 0 bridgehead atoms. The summed E-state index contributed by atoms with van der Waals surface area (Å²) in [7, 11) is 0. The summed E-state index contributed by atoms with van der Waals surface area (Å²) in [4.78, 5) is 10.7. The normalized spacial score (nSPS) is 10.7. The Labute approximate surface area is 103 Å². The van der Waals surface area contributed by atoms with Crippen LogP contribution in [0.1, 0.15) is 10.4 Å². The summed E-state index contributed by atoms with van der Waals surface area (Å²) >= 11 is 5.68. The minimum Gasteiger partial charge on any atom is -0.478 e. The Kier molecular flexibility index (Phi) is 3.00. The van der Waals surface area contributed by atoms with Crippen LogP contribution in [0.2, 0.25) is 5.15 Å². The van der Waals surface area contributed by atoms with Crippen molar-refractivity contribution in [2.24, 2.45) is 0 Å². The first-order valence-corrected chi connectivity index (χ1v) is 4.91. The lowest BCUT2D eigenvalue weighted by Crippen LogP contribution is -2.02. The van der Waals surface area contributed by atoms with Crippen LogP contribution in [0.4, 0.5) is 13.2 Å². The van der Waals surface area contributed by atoms with E-state index in [4.69, 9.17) is 16.7 Å². The highest BCUT2D eigenvalue weighted by molar-refractivity contribution is 6.32. The summed E-state index contributed by atoms with van der Waals surface area (Å²) in [5, 5.41) is 12.0. The van der Waals surface area contributed by atoms with Crippen LogP contribution >= 0.6 is 11.6 Å². The molecule has 2 rings (SSSR count). The van der Waals surface area contributed by atoms with E-state index in [1.54, 1.807) is 0 Å². The highest BCUT2D eigenvalue weighted by Gasteiger charge is 2.18. The fourth-order valence-corrected chi connectivity index (χ4v) is 1.59. The smallest absolute Gasteiger partial charge is 0.340 e. The zero-order valence-electron chi connectivity index (χ0n) is 8.49. The summed E-state index contributed by atoms with van der Waals surface area (Å²) in [6.45, 7) is 0. The number of carbonyl (C=O) groups is 1. The molecule has 2 aromatic rings. The number of carboxylic acids is 1. The molecule has 0 radical (unpaired) electrons. The molecule has 0 unspecified atom stereocenters. The van der Waals surface area contributed by atoms with Gasteiger partial charge in [-0.25, -0.2) is 22.6 Å². The van der Waals surface area contributed by atoms with Gasteiger partial charge in [-0.15, -0.1) is 0 Å². The molecule has 18 heavy (non-hydrogen) atoms. The fourth-order valence-electron chi connectivity index (χ4n) is 1.32. The van der Waals surface area contributed by atoms with Crippen molar-refractivity contribution >= 4 is 17.6 Å². The molecule has 8 heteroatoms. The predicted octanol–water partition coefficient (Wildman–Crippen LogP) is 2.64. The first kappa shape index (κ1) is 12.4. The second-order valence-electron chi connectivity index (χ2n) is 3.29. The van der Waals surface area contributed by atoms with E-state index in [2.05, 4.69) is 5.10 Å². The number of rotatable bonds is 2. The van der Waals surface area contributed by atoms with E-state index < -0.39 is 23.4 Å². The van der Waals surface area contributed by atoms with Crippen molar-refractivity contribution in [2.75, 3.05) is 0 Å². The van der Waals surface area contributed by atoms with Crippen molar-refractivity contribution < 1.29 is 23.1 Å². The van der Waals surface area contributed by atoms with Crippen LogP contribution in [-0.4, -0.2) is 20.9 Å². The first-order valence-electron chi connectivity index (χ1n) is 4.53. The molecular weight excluding hydrogens is 273 g/mol. The molecule has 0 spiro atoms. The highest BCUT2D eigenvalue weighted by Crippen LogP contribution is 2.22. The minimum absolute atomic E-state index is 0.219. The van der Waals surface area contributed by atoms with Crippen LogP contribution in [0.15, 0.2) is 18.3 Å². The third-order valence-electron chi connectivity index (χ3n) is 2.15. The summed E-state index contributed by atoms with van der Waals surface area (Å²) in [6, 6.07) is 1.31. The molecule has 0 amide bonds. The zero-order valence-corrected chi connectivity index (χ0v) is 9.25. The van der Waals surface area contributed by atoms with E-state index in [9.17, 15) is 18.0 Å². The average molecular weight is 277 g/mol. The lowest BCUT2D eigenvalue weighted by atomic mass is 10.3. The monoisotopic (exact) mass is 276 g/mol. The SMILES string of the molecule is O=C(O)c1cnn(-c2cc(F)c(F)c(F)c2)c1Cl. The maximum absolute atomic E-state index is 13.0. The Bertz CT molecular complexity index is 619. The standard InChI is InChI=1S/C10H4ClF3N2O2/c11-9-5(10(17)18)3-15-16(9)4-1-6(12)8(14)7(13)2-4/h1-3H,(H,17,18). The molecule has 0 aliphatic rings. The van der Waals surface area contributed by atoms with Crippen molar-refractivity contribution in [1.29, 1.82) is 0 Å². The molecular formula is C10H4ClF3N2O2. The number of hydrogen-bond acceptors (Lipinski definition) is 2. The quantitative estimate of drug-likeness (QED) is 0.858. The fraction of sp³-hybridized carbons (Fsp3) is 0. The van der Waals surface area contributed by atoms with Gasteiger partial charge in [-0.05, 0) is 0 Å². The zero-order chi connectivity index (χ0) is 13.4. The van der Waals surface area contributed by atoms with Crippen LogP contribution < -0.4 is 0 Å².